The molecule has 1 unspecified atom stereocenters. The molecule has 3 nitrogen and oxygen atoms in total. The van der Waals surface area contributed by atoms with Gasteiger partial charge in [-0.25, -0.2) is 0 Å². The van der Waals surface area contributed by atoms with Crippen molar-refractivity contribution >= 4 is 0 Å². The van der Waals surface area contributed by atoms with E-state index >= 15 is 0 Å². The normalized spacial score (nSPS) is 20.2. The molecule has 1 aromatic rings. The van der Waals surface area contributed by atoms with E-state index in [0.717, 1.165) is 0 Å². The maximum Gasteiger partial charge on any atom is 0.0950 e. The van der Waals surface area contributed by atoms with Gasteiger partial charge in [-0.2, -0.15) is 0 Å². The molecule has 0 radical (unpaired) electrons. The highest BCUT2D eigenvalue weighted by molar-refractivity contribution is 5.12. The van der Waals surface area contributed by atoms with Crippen molar-refractivity contribution in [1.82, 2.24) is 4.90 Å². The summed E-state index contributed by atoms with van der Waals surface area (Å²) in [4.78, 5) is 2.43. The molecule has 0 aromatic carbocycles. The van der Waals surface area contributed by atoms with Crippen LogP contribution in [0.1, 0.15) is 43.7 Å². The third-order valence-corrected chi connectivity index (χ3v) is 3.79. The number of nitrogens with two attached hydrogens (primary N) is 1. The number of rotatable bonds is 4. The van der Waals surface area contributed by atoms with Gasteiger partial charge in [0, 0.05) is 18.2 Å². The summed E-state index contributed by atoms with van der Waals surface area (Å²) in [6.45, 7) is 0.659. The molecule has 16 heavy (non-hydrogen) atoms. The van der Waals surface area contributed by atoms with Crippen LogP contribution < -0.4 is 5.73 Å². The Hall–Kier alpha value is -0.800. The molecule has 90 valence electrons. The lowest BCUT2D eigenvalue weighted by atomic mass is 9.93. The Morgan fingerprint density at radius 2 is 2.19 bits per heavy atom. The zero-order valence-electron chi connectivity index (χ0n) is 10.1. The van der Waals surface area contributed by atoms with Gasteiger partial charge < -0.3 is 10.2 Å². The van der Waals surface area contributed by atoms with Crippen molar-refractivity contribution in [3.8, 4) is 0 Å². The monoisotopic (exact) mass is 222 g/mol. The first kappa shape index (κ1) is 11.7. The van der Waals surface area contributed by atoms with E-state index in [9.17, 15) is 0 Å². The predicted molar refractivity (Wildman–Crippen MR) is 65.1 cm³/mol. The molecule has 2 rings (SSSR count). The summed E-state index contributed by atoms with van der Waals surface area (Å²) in [6, 6.07) is 3.02. The van der Waals surface area contributed by atoms with Crippen LogP contribution in [0.4, 0.5) is 0 Å². The van der Waals surface area contributed by atoms with Gasteiger partial charge in [0.2, 0.25) is 0 Å². The number of likely N-dealkylation sites (N-methyl/N-ethyl adjacent to an activating group) is 1. The van der Waals surface area contributed by atoms with Crippen LogP contribution in [0.25, 0.3) is 0 Å². The number of hydrogen-bond acceptors (Lipinski definition) is 3. The fourth-order valence-electron chi connectivity index (χ4n) is 2.74. The van der Waals surface area contributed by atoms with Gasteiger partial charge in [-0.15, -0.1) is 0 Å². The average molecular weight is 222 g/mol. The van der Waals surface area contributed by atoms with Crippen LogP contribution in [0.2, 0.25) is 0 Å². The van der Waals surface area contributed by atoms with Crippen LogP contribution in [0.5, 0.6) is 0 Å². The van der Waals surface area contributed by atoms with E-state index in [-0.39, 0.29) is 0 Å². The fraction of sp³-hybridized carbons (Fsp3) is 0.692. The summed E-state index contributed by atoms with van der Waals surface area (Å²) < 4.78 is 5.15. The first-order valence-corrected chi connectivity index (χ1v) is 6.27. The Labute approximate surface area is 97.6 Å². The highest BCUT2D eigenvalue weighted by Gasteiger charge is 2.25. The summed E-state index contributed by atoms with van der Waals surface area (Å²) in [5.41, 5.74) is 7.09. The standard InChI is InChI=1S/C13H22N2O/c1-15(12-5-3-2-4-6-12)13(9-14)11-7-8-16-10-11/h7-8,10,12-13H,2-6,9,14H2,1H3. The number of furan rings is 1. The van der Waals surface area contributed by atoms with E-state index in [1.165, 1.54) is 37.7 Å². The topological polar surface area (TPSA) is 42.4 Å². The highest BCUT2D eigenvalue weighted by Crippen LogP contribution is 2.28. The molecule has 0 amide bonds. The van der Waals surface area contributed by atoms with Crippen LogP contribution in [-0.2, 0) is 0 Å². The predicted octanol–water partition coefficient (Wildman–Crippen LogP) is 2.54. The molecular weight excluding hydrogens is 200 g/mol. The van der Waals surface area contributed by atoms with Crippen molar-refractivity contribution in [3.05, 3.63) is 24.2 Å². The Morgan fingerprint density at radius 3 is 2.75 bits per heavy atom. The van der Waals surface area contributed by atoms with Crippen molar-refractivity contribution in [2.45, 2.75) is 44.2 Å². The molecule has 2 N–H and O–H groups in total. The third-order valence-electron chi connectivity index (χ3n) is 3.79. The Balaban J connectivity index is 2.02. The summed E-state index contributed by atoms with van der Waals surface area (Å²) in [5, 5.41) is 0. The van der Waals surface area contributed by atoms with Gasteiger partial charge in [0.15, 0.2) is 0 Å². The lowest BCUT2D eigenvalue weighted by Crippen LogP contribution is -2.39. The van der Waals surface area contributed by atoms with Crippen molar-refractivity contribution in [2.24, 2.45) is 5.73 Å². The minimum absolute atomic E-state index is 0.307. The first-order chi connectivity index (χ1) is 7.83. The lowest BCUT2D eigenvalue weighted by molar-refractivity contribution is 0.140. The highest BCUT2D eigenvalue weighted by atomic mass is 16.3. The zero-order chi connectivity index (χ0) is 11.4. The Morgan fingerprint density at radius 1 is 1.44 bits per heavy atom. The molecule has 0 spiro atoms. The molecule has 1 saturated carbocycles. The second-order valence-electron chi connectivity index (χ2n) is 4.77. The zero-order valence-corrected chi connectivity index (χ0v) is 10.1. The largest absolute Gasteiger partial charge is 0.472 e. The maximum absolute atomic E-state index is 5.89. The lowest BCUT2D eigenvalue weighted by Gasteiger charge is -2.36. The first-order valence-electron chi connectivity index (χ1n) is 6.27. The van der Waals surface area contributed by atoms with E-state index in [1.54, 1.807) is 6.26 Å². The molecule has 0 saturated heterocycles. The van der Waals surface area contributed by atoms with Crippen LogP contribution in [0.3, 0.4) is 0 Å². The number of nitrogens with zero attached hydrogens (tertiary/aromatic N) is 1. The minimum atomic E-state index is 0.307. The second kappa shape index (κ2) is 5.51. The summed E-state index contributed by atoms with van der Waals surface area (Å²) in [6.07, 6.45) is 10.3. The Bertz CT molecular complexity index is 291. The molecule has 1 aliphatic carbocycles. The van der Waals surface area contributed by atoms with Crippen molar-refractivity contribution in [2.75, 3.05) is 13.6 Å². The van der Waals surface area contributed by atoms with Crippen molar-refractivity contribution < 1.29 is 4.42 Å². The molecule has 1 aromatic heterocycles. The Kier molecular flexibility index (Phi) is 4.02. The maximum atomic E-state index is 5.89. The van der Waals surface area contributed by atoms with E-state index in [4.69, 9.17) is 10.2 Å². The van der Waals surface area contributed by atoms with Crippen molar-refractivity contribution in [1.29, 1.82) is 0 Å². The van der Waals surface area contributed by atoms with Crippen LogP contribution in [0, 0.1) is 0 Å². The molecule has 1 fully saturated rings. The molecule has 0 aliphatic heterocycles. The van der Waals surface area contributed by atoms with E-state index in [0.29, 0.717) is 18.6 Å². The molecule has 1 aliphatic rings. The van der Waals surface area contributed by atoms with Crippen LogP contribution in [0.15, 0.2) is 23.0 Å². The van der Waals surface area contributed by atoms with E-state index in [1.807, 2.05) is 12.3 Å². The molecule has 1 heterocycles. The van der Waals surface area contributed by atoms with Gasteiger partial charge in [-0.3, -0.25) is 4.90 Å². The van der Waals surface area contributed by atoms with Crippen LogP contribution in [-0.4, -0.2) is 24.5 Å². The second-order valence-corrected chi connectivity index (χ2v) is 4.77. The third kappa shape index (κ3) is 2.47. The quantitative estimate of drug-likeness (QED) is 0.851. The van der Waals surface area contributed by atoms with Gasteiger partial charge in [0.1, 0.15) is 0 Å². The molecule has 1 atom stereocenters. The minimum Gasteiger partial charge on any atom is -0.472 e. The van der Waals surface area contributed by atoms with Gasteiger partial charge in [-0.1, -0.05) is 19.3 Å². The SMILES string of the molecule is CN(C1CCCCC1)C(CN)c1ccoc1. The molecule has 3 heteroatoms. The summed E-state index contributed by atoms with van der Waals surface area (Å²) in [5.74, 6) is 0. The summed E-state index contributed by atoms with van der Waals surface area (Å²) in [7, 11) is 2.19. The molecular formula is C13H22N2O. The smallest absolute Gasteiger partial charge is 0.0950 e. The van der Waals surface area contributed by atoms with Gasteiger partial charge in [0.25, 0.3) is 0 Å². The van der Waals surface area contributed by atoms with E-state index in [2.05, 4.69) is 11.9 Å². The van der Waals surface area contributed by atoms with Gasteiger partial charge >= 0.3 is 0 Å². The fourth-order valence-corrected chi connectivity index (χ4v) is 2.74. The van der Waals surface area contributed by atoms with Gasteiger partial charge in [-0.05, 0) is 26.0 Å². The number of hydrogen-bond donors (Lipinski definition) is 1. The van der Waals surface area contributed by atoms with E-state index < -0.39 is 0 Å². The molecule has 0 bridgehead atoms. The van der Waals surface area contributed by atoms with Crippen molar-refractivity contribution in [3.63, 3.8) is 0 Å². The average Bonchev–Trinajstić information content (AvgIpc) is 2.85. The summed E-state index contributed by atoms with van der Waals surface area (Å²) >= 11 is 0. The van der Waals surface area contributed by atoms with Gasteiger partial charge in [0.05, 0.1) is 18.6 Å². The van der Waals surface area contributed by atoms with Crippen LogP contribution >= 0.6 is 0 Å².